The fourth-order valence-corrected chi connectivity index (χ4v) is 4.02. The number of epoxide rings is 3. The second-order valence-electron chi connectivity index (χ2n) is 9.10. The predicted molar refractivity (Wildman–Crippen MR) is 116 cm³/mol. The first-order valence-corrected chi connectivity index (χ1v) is 12.4. The minimum absolute atomic E-state index is 0.0980. The lowest BCUT2D eigenvalue weighted by molar-refractivity contribution is -0.167. The summed E-state index contributed by atoms with van der Waals surface area (Å²) in [5.74, 6) is -1.31. The van der Waals surface area contributed by atoms with Gasteiger partial charge in [0.05, 0.1) is 55.9 Å². The van der Waals surface area contributed by atoms with Crippen LogP contribution in [0.4, 0.5) is 0 Å². The number of hydrogen-bond donors (Lipinski definition) is 0. The Morgan fingerprint density at radius 2 is 0.970 bits per heavy atom. The Labute approximate surface area is 195 Å². The zero-order chi connectivity index (χ0) is 23.8. The number of esters is 3. The molecule has 0 saturated carbocycles. The van der Waals surface area contributed by atoms with E-state index in [9.17, 15) is 14.4 Å². The first-order chi connectivity index (χ1) is 15.9. The molecule has 0 radical (unpaired) electrons. The fourth-order valence-electron chi connectivity index (χ4n) is 4.02. The Hall–Kier alpha value is -1.71. The summed E-state index contributed by atoms with van der Waals surface area (Å²) in [5, 5.41) is 0. The molecule has 0 N–H and O–H groups in total. The third-order valence-corrected chi connectivity index (χ3v) is 6.04. The number of carbonyl (C=O) groups excluding carboxylic acids is 3. The molecule has 6 atom stereocenters. The van der Waals surface area contributed by atoms with Crippen LogP contribution in [-0.2, 0) is 42.8 Å². The summed E-state index contributed by atoms with van der Waals surface area (Å²) in [4.78, 5) is 36.6. The molecule has 6 unspecified atom stereocenters. The van der Waals surface area contributed by atoms with Crippen molar-refractivity contribution in [1.82, 2.24) is 0 Å². The Morgan fingerprint density at radius 1 is 0.606 bits per heavy atom. The Bertz CT molecular complexity index is 628. The fraction of sp³-hybridized carbons (Fsp3) is 0.875. The van der Waals surface area contributed by atoms with Crippen molar-refractivity contribution in [3.05, 3.63) is 0 Å². The first kappa shape index (κ1) is 25.9. The van der Waals surface area contributed by atoms with Gasteiger partial charge in [0, 0.05) is 0 Å². The van der Waals surface area contributed by atoms with Crippen LogP contribution in [0.25, 0.3) is 0 Å². The molecule has 0 aromatic heterocycles. The van der Waals surface area contributed by atoms with Gasteiger partial charge in [0.25, 0.3) is 0 Å². The zero-order valence-corrected chi connectivity index (χ0v) is 20.0. The van der Waals surface area contributed by atoms with Crippen LogP contribution in [0.15, 0.2) is 0 Å². The minimum atomic E-state index is -0.869. The van der Waals surface area contributed by atoms with Crippen LogP contribution in [0, 0.1) is 0 Å². The summed E-state index contributed by atoms with van der Waals surface area (Å²) in [5.41, 5.74) is 0. The summed E-state index contributed by atoms with van der Waals surface area (Å²) in [7, 11) is 0. The average Bonchev–Trinajstić information content (AvgIpc) is 3.70. The van der Waals surface area contributed by atoms with Crippen LogP contribution in [0.2, 0.25) is 0 Å². The van der Waals surface area contributed by atoms with Gasteiger partial charge in [-0.05, 0) is 19.3 Å². The standard InChI is InChI=1S/C24H38O9/c1-4-7-16-19(31-16)10-22(25)28-13-15(30-24(27)12-21-18(33-21)9-6-3)14-29-23(26)11-20-17(32-20)8-5-2/h15-21H,4-14H2,1-3H3. The molecular formula is C24H38O9. The third kappa shape index (κ3) is 9.22. The molecule has 3 rings (SSSR count). The van der Waals surface area contributed by atoms with Gasteiger partial charge >= 0.3 is 17.9 Å². The van der Waals surface area contributed by atoms with E-state index in [0.29, 0.717) is 0 Å². The lowest BCUT2D eigenvalue weighted by Gasteiger charge is -2.18. The van der Waals surface area contributed by atoms with Crippen molar-refractivity contribution < 1.29 is 42.8 Å². The van der Waals surface area contributed by atoms with Gasteiger partial charge in [0.1, 0.15) is 13.2 Å². The molecule has 188 valence electrons. The van der Waals surface area contributed by atoms with E-state index in [-0.39, 0.29) is 69.1 Å². The topological polar surface area (TPSA) is 116 Å². The Morgan fingerprint density at radius 3 is 1.33 bits per heavy atom. The largest absolute Gasteiger partial charge is 0.462 e. The highest BCUT2D eigenvalue weighted by Crippen LogP contribution is 2.31. The highest BCUT2D eigenvalue weighted by Gasteiger charge is 2.42. The number of carbonyl (C=O) groups is 3. The summed E-state index contributed by atoms with van der Waals surface area (Å²) < 4.78 is 32.4. The normalized spacial score (nSPS) is 30.3. The van der Waals surface area contributed by atoms with Gasteiger partial charge in [-0.1, -0.05) is 40.0 Å². The number of rotatable bonds is 17. The predicted octanol–water partition coefficient (Wildman–Crippen LogP) is 2.86. The van der Waals surface area contributed by atoms with Gasteiger partial charge in [-0.2, -0.15) is 0 Å². The number of hydrogen-bond acceptors (Lipinski definition) is 9. The van der Waals surface area contributed by atoms with E-state index >= 15 is 0 Å². The molecule has 0 aromatic carbocycles. The lowest BCUT2D eigenvalue weighted by Crippen LogP contribution is -2.31. The molecule has 33 heavy (non-hydrogen) atoms. The average molecular weight is 471 g/mol. The van der Waals surface area contributed by atoms with Crippen molar-refractivity contribution in [2.75, 3.05) is 13.2 Å². The Kier molecular flexibility index (Phi) is 9.94. The van der Waals surface area contributed by atoms with Crippen LogP contribution in [0.5, 0.6) is 0 Å². The molecule has 0 aromatic rings. The van der Waals surface area contributed by atoms with Gasteiger partial charge in [-0.25, -0.2) is 0 Å². The SMILES string of the molecule is CCCC1OC1CC(=O)OCC(COC(=O)CC1OC1CCC)OC(=O)CC1OC1CCC. The molecule has 0 bridgehead atoms. The molecule has 3 saturated heterocycles. The number of ether oxygens (including phenoxy) is 6. The van der Waals surface area contributed by atoms with Crippen molar-refractivity contribution in [2.45, 2.75) is 121 Å². The van der Waals surface area contributed by atoms with E-state index in [4.69, 9.17) is 28.4 Å². The van der Waals surface area contributed by atoms with Gasteiger partial charge in [-0.15, -0.1) is 0 Å². The lowest BCUT2D eigenvalue weighted by atomic mass is 10.1. The van der Waals surface area contributed by atoms with E-state index in [1.807, 2.05) is 0 Å². The van der Waals surface area contributed by atoms with Crippen molar-refractivity contribution in [1.29, 1.82) is 0 Å². The first-order valence-electron chi connectivity index (χ1n) is 12.4. The van der Waals surface area contributed by atoms with Gasteiger partial charge < -0.3 is 28.4 Å². The van der Waals surface area contributed by atoms with Crippen molar-refractivity contribution in [2.24, 2.45) is 0 Å². The van der Waals surface area contributed by atoms with Crippen molar-refractivity contribution in [3.8, 4) is 0 Å². The maximum absolute atomic E-state index is 12.3. The molecule has 9 heteroatoms. The molecule has 3 fully saturated rings. The van der Waals surface area contributed by atoms with Crippen LogP contribution in [-0.4, -0.2) is 73.8 Å². The highest BCUT2D eigenvalue weighted by molar-refractivity contribution is 5.72. The molecular weight excluding hydrogens is 432 g/mol. The third-order valence-electron chi connectivity index (χ3n) is 6.04. The maximum atomic E-state index is 12.3. The zero-order valence-electron chi connectivity index (χ0n) is 20.0. The summed E-state index contributed by atoms with van der Waals surface area (Å²) in [6.45, 7) is 5.84. The molecule has 0 amide bonds. The van der Waals surface area contributed by atoms with E-state index < -0.39 is 24.0 Å². The maximum Gasteiger partial charge on any atom is 0.309 e. The second-order valence-corrected chi connectivity index (χ2v) is 9.10. The van der Waals surface area contributed by atoms with E-state index in [1.54, 1.807) is 0 Å². The summed E-state index contributed by atoms with van der Waals surface area (Å²) in [6, 6.07) is 0. The van der Waals surface area contributed by atoms with Crippen LogP contribution < -0.4 is 0 Å². The summed E-state index contributed by atoms with van der Waals surface area (Å²) >= 11 is 0. The summed E-state index contributed by atoms with van der Waals surface area (Å²) in [6.07, 6.45) is 5.30. The van der Waals surface area contributed by atoms with Gasteiger partial charge in [-0.3, -0.25) is 14.4 Å². The quantitative estimate of drug-likeness (QED) is 0.180. The molecule has 9 nitrogen and oxygen atoms in total. The van der Waals surface area contributed by atoms with Crippen molar-refractivity contribution >= 4 is 17.9 Å². The highest BCUT2D eigenvalue weighted by atomic mass is 16.6. The minimum Gasteiger partial charge on any atom is -0.462 e. The van der Waals surface area contributed by atoms with E-state index in [0.717, 1.165) is 38.5 Å². The van der Waals surface area contributed by atoms with E-state index in [2.05, 4.69) is 20.8 Å². The molecule has 3 aliphatic heterocycles. The molecule has 3 aliphatic rings. The Balaban J connectivity index is 1.40. The van der Waals surface area contributed by atoms with Gasteiger partial charge in [0.2, 0.25) is 0 Å². The van der Waals surface area contributed by atoms with Gasteiger partial charge in [0.15, 0.2) is 6.10 Å². The molecule has 0 spiro atoms. The second kappa shape index (κ2) is 12.7. The monoisotopic (exact) mass is 470 g/mol. The van der Waals surface area contributed by atoms with Crippen LogP contribution in [0.1, 0.15) is 78.6 Å². The van der Waals surface area contributed by atoms with Crippen LogP contribution >= 0.6 is 0 Å². The van der Waals surface area contributed by atoms with Crippen LogP contribution in [0.3, 0.4) is 0 Å². The molecule has 0 aliphatic carbocycles. The smallest absolute Gasteiger partial charge is 0.309 e. The van der Waals surface area contributed by atoms with E-state index in [1.165, 1.54) is 0 Å². The molecule has 3 heterocycles. The van der Waals surface area contributed by atoms with Crippen molar-refractivity contribution in [3.63, 3.8) is 0 Å².